The van der Waals surface area contributed by atoms with Gasteiger partial charge in [-0.25, -0.2) is 4.68 Å². The van der Waals surface area contributed by atoms with Crippen LogP contribution in [0.4, 0.5) is 11.4 Å². The number of piperidine rings is 1. The second-order valence-corrected chi connectivity index (χ2v) is 8.51. The van der Waals surface area contributed by atoms with Crippen molar-refractivity contribution in [2.75, 3.05) is 23.3 Å². The number of amides is 2. The van der Waals surface area contributed by atoms with E-state index in [1.54, 1.807) is 4.68 Å². The van der Waals surface area contributed by atoms with Crippen LogP contribution in [0.1, 0.15) is 47.8 Å². The molecule has 32 heavy (non-hydrogen) atoms. The van der Waals surface area contributed by atoms with Crippen molar-refractivity contribution in [2.45, 2.75) is 31.6 Å². The Hall–Kier alpha value is -3.68. The van der Waals surface area contributed by atoms with E-state index in [-0.39, 0.29) is 17.7 Å². The average molecular weight is 431 g/mol. The lowest BCUT2D eigenvalue weighted by Gasteiger charge is -2.32. The molecule has 2 heterocycles. The van der Waals surface area contributed by atoms with Crippen LogP contribution < -0.4 is 16.0 Å². The predicted octanol–water partition coefficient (Wildman–Crippen LogP) is 3.10. The van der Waals surface area contributed by atoms with Crippen LogP contribution in [0.25, 0.3) is 5.69 Å². The van der Waals surface area contributed by atoms with Gasteiger partial charge in [0.05, 0.1) is 11.4 Å². The molecule has 8 heteroatoms. The highest BCUT2D eigenvalue weighted by Crippen LogP contribution is 2.42. The van der Waals surface area contributed by atoms with Gasteiger partial charge in [-0.2, -0.15) is 0 Å². The molecule has 1 saturated heterocycles. The normalized spacial score (nSPS) is 16.7. The summed E-state index contributed by atoms with van der Waals surface area (Å²) < 4.78 is 1.78. The number of hydrogen-bond donors (Lipinski definition) is 2. The molecule has 1 aliphatic carbocycles. The maximum atomic E-state index is 13.0. The first-order valence-electron chi connectivity index (χ1n) is 11.1. The number of aromatic nitrogens is 3. The van der Waals surface area contributed by atoms with Gasteiger partial charge in [0, 0.05) is 36.3 Å². The molecule has 3 N–H and O–H groups in total. The number of nitrogens with two attached hydrogens (primary N) is 1. The monoisotopic (exact) mass is 430 g/mol. The van der Waals surface area contributed by atoms with Gasteiger partial charge in [-0.15, -0.1) is 5.10 Å². The minimum absolute atomic E-state index is 0.0326. The number of carbonyl (C=O) groups is 2. The molecule has 2 aromatic carbocycles. The SMILES string of the molecule is NC(=O)C1CCN(c2ccc(NC(=O)c3nnn(-c4ccccc4)c3C3CC3)cc2)CC1. The Morgan fingerprint density at radius 2 is 1.59 bits per heavy atom. The Bertz CT molecular complexity index is 1110. The highest BCUT2D eigenvalue weighted by molar-refractivity contribution is 6.04. The van der Waals surface area contributed by atoms with E-state index in [9.17, 15) is 9.59 Å². The maximum absolute atomic E-state index is 13.0. The quantitative estimate of drug-likeness (QED) is 0.625. The molecule has 8 nitrogen and oxygen atoms in total. The van der Waals surface area contributed by atoms with Crippen LogP contribution in [0.2, 0.25) is 0 Å². The van der Waals surface area contributed by atoms with Crippen molar-refractivity contribution < 1.29 is 9.59 Å². The molecule has 2 fully saturated rings. The Labute approximate surface area is 186 Å². The van der Waals surface area contributed by atoms with Crippen LogP contribution >= 0.6 is 0 Å². The number of hydrogen-bond acceptors (Lipinski definition) is 5. The third-order valence-corrected chi connectivity index (χ3v) is 6.27. The number of anilines is 2. The molecule has 2 amide bonds. The number of carbonyl (C=O) groups excluding carboxylic acids is 2. The van der Waals surface area contributed by atoms with E-state index < -0.39 is 0 Å². The van der Waals surface area contributed by atoms with Crippen LogP contribution in [0.15, 0.2) is 54.6 Å². The van der Waals surface area contributed by atoms with E-state index in [1.807, 2.05) is 54.6 Å². The Balaban J connectivity index is 1.29. The standard InChI is InChI=1S/C24H26N6O2/c25-23(31)17-12-14-29(15-13-17)19-10-8-18(9-11-19)26-24(32)21-22(16-6-7-16)30(28-27-21)20-4-2-1-3-5-20/h1-5,8-11,16-17H,6-7,12-15H2,(H2,25,31)(H,26,32). The molecule has 0 bridgehead atoms. The molecular formula is C24H26N6O2. The topological polar surface area (TPSA) is 106 Å². The summed E-state index contributed by atoms with van der Waals surface area (Å²) in [5, 5.41) is 11.5. The van der Waals surface area contributed by atoms with Crippen molar-refractivity contribution in [3.63, 3.8) is 0 Å². The summed E-state index contributed by atoms with van der Waals surface area (Å²) >= 11 is 0. The summed E-state index contributed by atoms with van der Waals surface area (Å²) in [5.74, 6) is -0.173. The molecule has 0 spiro atoms. The van der Waals surface area contributed by atoms with Crippen molar-refractivity contribution in [2.24, 2.45) is 11.7 Å². The lowest BCUT2D eigenvalue weighted by Crippen LogP contribution is -2.38. The third-order valence-electron chi connectivity index (χ3n) is 6.27. The highest BCUT2D eigenvalue weighted by Gasteiger charge is 2.34. The molecule has 1 aliphatic heterocycles. The lowest BCUT2D eigenvalue weighted by atomic mass is 9.96. The van der Waals surface area contributed by atoms with Gasteiger partial charge in [0.15, 0.2) is 5.69 Å². The second-order valence-electron chi connectivity index (χ2n) is 8.51. The molecule has 3 aromatic rings. The molecule has 2 aliphatic rings. The summed E-state index contributed by atoms with van der Waals surface area (Å²) in [4.78, 5) is 26.6. The molecule has 0 radical (unpaired) electrons. The molecule has 5 rings (SSSR count). The first kappa shape index (κ1) is 20.2. The van der Waals surface area contributed by atoms with Gasteiger partial charge < -0.3 is 16.0 Å². The first-order valence-corrected chi connectivity index (χ1v) is 11.1. The fourth-order valence-corrected chi connectivity index (χ4v) is 4.30. The highest BCUT2D eigenvalue weighted by atomic mass is 16.2. The van der Waals surface area contributed by atoms with Crippen molar-refractivity contribution in [3.05, 3.63) is 66.0 Å². The van der Waals surface area contributed by atoms with Crippen LogP contribution in [-0.2, 0) is 4.79 Å². The molecule has 164 valence electrons. The summed E-state index contributed by atoms with van der Waals surface area (Å²) in [6.07, 6.45) is 3.63. The van der Waals surface area contributed by atoms with E-state index in [0.717, 1.165) is 55.8 Å². The zero-order valence-corrected chi connectivity index (χ0v) is 17.8. The molecule has 0 unspecified atom stereocenters. The van der Waals surface area contributed by atoms with Gasteiger partial charge in [-0.1, -0.05) is 23.4 Å². The Morgan fingerprint density at radius 3 is 2.22 bits per heavy atom. The number of benzene rings is 2. The van der Waals surface area contributed by atoms with Crippen LogP contribution in [0.3, 0.4) is 0 Å². The summed E-state index contributed by atoms with van der Waals surface area (Å²) in [6, 6.07) is 17.6. The average Bonchev–Trinajstić information content (AvgIpc) is 3.57. The zero-order valence-electron chi connectivity index (χ0n) is 17.8. The number of nitrogens with one attached hydrogen (secondary N) is 1. The van der Waals surface area contributed by atoms with Crippen LogP contribution in [-0.4, -0.2) is 39.9 Å². The van der Waals surface area contributed by atoms with Crippen LogP contribution in [0.5, 0.6) is 0 Å². The molecule has 1 saturated carbocycles. The van der Waals surface area contributed by atoms with Gasteiger partial charge in [0.25, 0.3) is 5.91 Å². The summed E-state index contributed by atoms with van der Waals surface area (Å²) in [5.41, 5.74) is 9.37. The number of rotatable bonds is 6. The van der Waals surface area contributed by atoms with Crippen molar-refractivity contribution >= 4 is 23.2 Å². The minimum Gasteiger partial charge on any atom is -0.371 e. The molecular weight excluding hydrogens is 404 g/mol. The van der Waals surface area contributed by atoms with Gasteiger partial charge in [0.1, 0.15) is 0 Å². The fraction of sp³-hybridized carbons (Fsp3) is 0.333. The Morgan fingerprint density at radius 1 is 0.906 bits per heavy atom. The summed E-state index contributed by atoms with van der Waals surface area (Å²) in [6.45, 7) is 1.60. The van der Waals surface area contributed by atoms with Gasteiger partial charge >= 0.3 is 0 Å². The smallest absolute Gasteiger partial charge is 0.278 e. The van der Waals surface area contributed by atoms with Crippen LogP contribution in [0, 0.1) is 5.92 Å². The fourth-order valence-electron chi connectivity index (χ4n) is 4.30. The molecule has 0 atom stereocenters. The first-order chi connectivity index (χ1) is 15.6. The van der Waals surface area contributed by atoms with Gasteiger partial charge in [-0.05, 0) is 62.1 Å². The second kappa shape index (κ2) is 8.45. The Kier molecular flexibility index (Phi) is 5.34. The summed E-state index contributed by atoms with van der Waals surface area (Å²) in [7, 11) is 0. The van der Waals surface area contributed by atoms with Crippen molar-refractivity contribution in [3.8, 4) is 5.69 Å². The van der Waals surface area contributed by atoms with E-state index >= 15 is 0 Å². The van der Waals surface area contributed by atoms with E-state index in [2.05, 4.69) is 20.5 Å². The van der Waals surface area contributed by atoms with E-state index in [0.29, 0.717) is 17.3 Å². The third kappa shape index (κ3) is 4.08. The van der Waals surface area contributed by atoms with E-state index in [1.165, 1.54) is 0 Å². The number of nitrogens with zero attached hydrogens (tertiary/aromatic N) is 4. The predicted molar refractivity (Wildman–Crippen MR) is 122 cm³/mol. The number of para-hydroxylation sites is 1. The maximum Gasteiger partial charge on any atom is 0.278 e. The number of primary amides is 1. The van der Waals surface area contributed by atoms with Gasteiger partial charge in [0.2, 0.25) is 5.91 Å². The minimum atomic E-state index is -0.246. The molecule has 1 aromatic heterocycles. The largest absolute Gasteiger partial charge is 0.371 e. The zero-order chi connectivity index (χ0) is 22.1. The lowest BCUT2D eigenvalue weighted by molar-refractivity contribution is -0.122. The van der Waals surface area contributed by atoms with E-state index in [4.69, 9.17) is 5.73 Å². The van der Waals surface area contributed by atoms with Crippen molar-refractivity contribution in [1.82, 2.24) is 15.0 Å². The van der Waals surface area contributed by atoms with Crippen molar-refractivity contribution in [1.29, 1.82) is 0 Å². The van der Waals surface area contributed by atoms with Gasteiger partial charge in [-0.3, -0.25) is 9.59 Å².